The number of carbonyl (C=O) groups is 1. The number of nitrogens with zero attached hydrogens (tertiary/aromatic N) is 1. The number of aromatic nitrogens is 1. The minimum absolute atomic E-state index is 0.132. The van der Waals surface area contributed by atoms with E-state index in [1.54, 1.807) is 32.0 Å². The standard InChI is InChI=1S/C9H10NO2/c1-7(2)9(11)12-8-5-3-4-6-10-8/h3-5,7H,1-2H3. The summed E-state index contributed by atoms with van der Waals surface area (Å²) in [6.45, 7) is 3.55. The summed E-state index contributed by atoms with van der Waals surface area (Å²) >= 11 is 0. The van der Waals surface area contributed by atoms with Crippen LogP contribution >= 0.6 is 0 Å². The molecule has 0 N–H and O–H groups in total. The fraction of sp³-hybridized carbons (Fsp3) is 0.333. The molecule has 0 spiro atoms. The lowest BCUT2D eigenvalue weighted by Crippen LogP contribution is -2.15. The monoisotopic (exact) mass is 164 g/mol. The maximum atomic E-state index is 11.0. The van der Waals surface area contributed by atoms with Crippen molar-refractivity contribution in [2.24, 2.45) is 5.92 Å². The van der Waals surface area contributed by atoms with Crippen molar-refractivity contribution in [1.29, 1.82) is 0 Å². The summed E-state index contributed by atoms with van der Waals surface area (Å²) < 4.78 is 4.89. The van der Waals surface area contributed by atoms with E-state index >= 15 is 0 Å². The van der Waals surface area contributed by atoms with Crippen molar-refractivity contribution in [2.45, 2.75) is 13.8 Å². The highest BCUT2D eigenvalue weighted by molar-refractivity contribution is 5.73. The quantitative estimate of drug-likeness (QED) is 0.621. The number of esters is 1. The van der Waals surface area contributed by atoms with Gasteiger partial charge in [0.1, 0.15) is 0 Å². The second-order valence-corrected chi connectivity index (χ2v) is 2.68. The average molecular weight is 164 g/mol. The Hall–Kier alpha value is -1.38. The summed E-state index contributed by atoms with van der Waals surface area (Å²) in [5.41, 5.74) is 0. The molecule has 1 rings (SSSR count). The van der Waals surface area contributed by atoms with Crippen molar-refractivity contribution in [1.82, 2.24) is 4.98 Å². The highest BCUT2D eigenvalue weighted by Gasteiger charge is 2.09. The lowest BCUT2D eigenvalue weighted by atomic mass is 10.2. The van der Waals surface area contributed by atoms with Gasteiger partial charge in [-0.3, -0.25) is 4.79 Å². The van der Waals surface area contributed by atoms with Crippen molar-refractivity contribution < 1.29 is 9.53 Å². The van der Waals surface area contributed by atoms with E-state index in [1.165, 1.54) is 0 Å². The Morgan fingerprint density at radius 1 is 1.67 bits per heavy atom. The molecule has 0 fully saturated rings. The van der Waals surface area contributed by atoms with Gasteiger partial charge in [0.05, 0.1) is 12.1 Å². The van der Waals surface area contributed by atoms with Gasteiger partial charge in [-0.15, -0.1) is 0 Å². The summed E-state index contributed by atoms with van der Waals surface area (Å²) in [5, 5.41) is 0. The lowest BCUT2D eigenvalue weighted by Gasteiger charge is -2.03. The van der Waals surface area contributed by atoms with Crippen LogP contribution in [0.15, 0.2) is 18.2 Å². The van der Waals surface area contributed by atoms with Gasteiger partial charge in [-0.05, 0) is 6.07 Å². The molecule has 3 nitrogen and oxygen atoms in total. The molecule has 0 aromatic carbocycles. The largest absolute Gasteiger partial charge is 0.407 e. The smallest absolute Gasteiger partial charge is 0.315 e. The lowest BCUT2D eigenvalue weighted by molar-refractivity contribution is -0.138. The predicted molar refractivity (Wildman–Crippen MR) is 43.5 cm³/mol. The van der Waals surface area contributed by atoms with Crippen molar-refractivity contribution in [3.8, 4) is 5.88 Å². The van der Waals surface area contributed by atoms with E-state index in [0.717, 1.165) is 0 Å². The van der Waals surface area contributed by atoms with Gasteiger partial charge in [-0.1, -0.05) is 19.9 Å². The first-order valence-electron chi connectivity index (χ1n) is 3.75. The molecule has 12 heavy (non-hydrogen) atoms. The van der Waals surface area contributed by atoms with Gasteiger partial charge in [-0.25, -0.2) is 4.98 Å². The molecule has 1 aromatic heterocycles. The van der Waals surface area contributed by atoms with Gasteiger partial charge >= 0.3 is 5.97 Å². The molecule has 0 atom stereocenters. The van der Waals surface area contributed by atoms with E-state index in [0.29, 0.717) is 5.88 Å². The number of carbonyl (C=O) groups excluding carboxylic acids is 1. The average Bonchev–Trinajstić information content (AvgIpc) is 2.06. The summed E-state index contributed by atoms with van der Waals surface area (Å²) in [6, 6.07) is 4.99. The molecule has 1 heterocycles. The summed E-state index contributed by atoms with van der Waals surface area (Å²) in [6.07, 6.45) is 2.58. The van der Waals surface area contributed by atoms with Crippen LogP contribution in [-0.2, 0) is 4.79 Å². The van der Waals surface area contributed by atoms with Crippen LogP contribution in [0.1, 0.15) is 13.8 Å². The first kappa shape index (κ1) is 8.71. The van der Waals surface area contributed by atoms with Crippen LogP contribution in [0.25, 0.3) is 0 Å². The maximum absolute atomic E-state index is 11.0. The molecule has 3 heteroatoms. The molecule has 0 unspecified atom stereocenters. The van der Waals surface area contributed by atoms with E-state index < -0.39 is 0 Å². The molecular formula is C9H10NO2. The fourth-order valence-corrected chi connectivity index (χ4v) is 0.589. The minimum atomic E-state index is -0.276. The van der Waals surface area contributed by atoms with E-state index in [4.69, 9.17) is 4.74 Å². The normalized spacial score (nSPS) is 9.92. The van der Waals surface area contributed by atoms with Crippen LogP contribution in [0.4, 0.5) is 0 Å². The zero-order valence-corrected chi connectivity index (χ0v) is 7.07. The molecule has 0 bridgehead atoms. The molecular weight excluding hydrogens is 154 g/mol. The van der Waals surface area contributed by atoms with Crippen LogP contribution in [0.3, 0.4) is 0 Å². The van der Waals surface area contributed by atoms with E-state index in [2.05, 4.69) is 11.2 Å². The van der Waals surface area contributed by atoms with Crippen LogP contribution in [0, 0.1) is 12.1 Å². The topological polar surface area (TPSA) is 39.2 Å². The van der Waals surface area contributed by atoms with Crippen LogP contribution in [0.2, 0.25) is 0 Å². The Bertz CT molecular complexity index is 256. The second-order valence-electron chi connectivity index (χ2n) is 2.68. The van der Waals surface area contributed by atoms with Crippen molar-refractivity contribution >= 4 is 5.97 Å². The molecule has 0 aliphatic carbocycles. The third kappa shape index (κ3) is 2.34. The minimum Gasteiger partial charge on any atom is -0.407 e. The molecule has 1 radical (unpaired) electrons. The van der Waals surface area contributed by atoms with Crippen molar-refractivity contribution in [2.75, 3.05) is 0 Å². The van der Waals surface area contributed by atoms with E-state index in [9.17, 15) is 4.79 Å². The molecule has 63 valence electrons. The van der Waals surface area contributed by atoms with E-state index in [-0.39, 0.29) is 11.9 Å². The molecule has 0 aliphatic rings. The first-order chi connectivity index (χ1) is 5.70. The zero-order chi connectivity index (χ0) is 8.97. The second kappa shape index (κ2) is 3.85. The van der Waals surface area contributed by atoms with Crippen molar-refractivity contribution in [3.63, 3.8) is 0 Å². The SMILES string of the molecule is CC(C)C(=O)Oc1ccc[c]n1. The summed E-state index contributed by atoms with van der Waals surface area (Å²) in [5.74, 6) is -0.106. The van der Waals surface area contributed by atoms with Gasteiger partial charge < -0.3 is 4.74 Å². The zero-order valence-electron chi connectivity index (χ0n) is 7.07. The Balaban J connectivity index is 2.59. The first-order valence-corrected chi connectivity index (χ1v) is 3.75. The predicted octanol–water partition coefficient (Wildman–Crippen LogP) is 1.44. The molecule has 1 aromatic rings. The number of rotatable bonds is 2. The Kier molecular flexibility index (Phi) is 2.80. The third-order valence-corrected chi connectivity index (χ3v) is 1.26. The number of hydrogen-bond donors (Lipinski definition) is 0. The van der Waals surface area contributed by atoms with Crippen molar-refractivity contribution in [3.05, 3.63) is 24.4 Å². The molecule has 0 saturated carbocycles. The van der Waals surface area contributed by atoms with Crippen LogP contribution < -0.4 is 4.74 Å². The van der Waals surface area contributed by atoms with Crippen LogP contribution in [0.5, 0.6) is 5.88 Å². The summed E-state index contributed by atoms with van der Waals surface area (Å²) in [4.78, 5) is 14.8. The Labute approximate surface area is 71.4 Å². The maximum Gasteiger partial charge on any atom is 0.315 e. The highest BCUT2D eigenvalue weighted by Crippen LogP contribution is 2.05. The van der Waals surface area contributed by atoms with Gasteiger partial charge in [0, 0.05) is 6.07 Å². The highest BCUT2D eigenvalue weighted by atomic mass is 16.5. The Morgan fingerprint density at radius 3 is 2.92 bits per heavy atom. The van der Waals surface area contributed by atoms with Crippen LogP contribution in [-0.4, -0.2) is 11.0 Å². The third-order valence-electron chi connectivity index (χ3n) is 1.26. The van der Waals surface area contributed by atoms with Gasteiger partial charge in [0.15, 0.2) is 0 Å². The van der Waals surface area contributed by atoms with E-state index in [1.807, 2.05) is 0 Å². The number of hydrogen-bond acceptors (Lipinski definition) is 3. The number of ether oxygens (including phenoxy) is 1. The van der Waals surface area contributed by atoms with Gasteiger partial charge in [0.25, 0.3) is 0 Å². The van der Waals surface area contributed by atoms with Gasteiger partial charge in [0.2, 0.25) is 5.88 Å². The van der Waals surface area contributed by atoms with Gasteiger partial charge in [-0.2, -0.15) is 0 Å². The number of pyridine rings is 1. The molecule has 0 aliphatic heterocycles. The summed E-state index contributed by atoms with van der Waals surface area (Å²) in [7, 11) is 0. The fourth-order valence-electron chi connectivity index (χ4n) is 0.589. The molecule has 0 saturated heterocycles. The Morgan fingerprint density at radius 2 is 2.42 bits per heavy atom. The molecule has 0 amide bonds.